The summed E-state index contributed by atoms with van der Waals surface area (Å²) in [6.07, 6.45) is -0.735. The zero-order valence-corrected chi connectivity index (χ0v) is 9.99. The van der Waals surface area contributed by atoms with Gasteiger partial charge in [0.15, 0.2) is 0 Å². The third-order valence-corrected chi connectivity index (χ3v) is 2.95. The van der Waals surface area contributed by atoms with Gasteiger partial charge in [-0.1, -0.05) is 19.9 Å². The van der Waals surface area contributed by atoms with Crippen molar-refractivity contribution < 1.29 is 19.4 Å². The smallest absolute Gasteiger partial charge is 0.348 e. The van der Waals surface area contributed by atoms with Gasteiger partial charge in [-0.05, 0) is 17.4 Å². The number of ether oxygens (including phenoxy) is 1. The fourth-order valence-corrected chi connectivity index (χ4v) is 1.78. The largest absolute Gasteiger partial charge is 0.481 e. The van der Waals surface area contributed by atoms with Crippen LogP contribution in [-0.4, -0.2) is 23.1 Å². The fraction of sp³-hybridized carbons (Fsp3) is 0.455. The number of rotatable bonds is 5. The van der Waals surface area contributed by atoms with E-state index in [-0.39, 0.29) is 12.3 Å². The van der Waals surface area contributed by atoms with Gasteiger partial charge in [0, 0.05) is 0 Å². The van der Waals surface area contributed by atoms with Crippen molar-refractivity contribution in [1.29, 1.82) is 0 Å². The van der Waals surface area contributed by atoms with Crippen LogP contribution in [0.25, 0.3) is 0 Å². The van der Waals surface area contributed by atoms with Crippen LogP contribution >= 0.6 is 11.3 Å². The molecule has 1 heterocycles. The van der Waals surface area contributed by atoms with Crippen LogP contribution in [-0.2, 0) is 9.53 Å². The van der Waals surface area contributed by atoms with Crippen LogP contribution in [0.1, 0.15) is 29.9 Å². The van der Waals surface area contributed by atoms with Gasteiger partial charge in [0.1, 0.15) is 11.0 Å². The Bertz CT molecular complexity index is 356. The first-order chi connectivity index (χ1) is 7.50. The van der Waals surface area contributed by atoms with Crippen LogP contribution in [0.4, 0.5) is 0 Å². The summed E-state index contributed by atoms with van der Waals surface area (Å²) < 4.78 is 5.16. The average molecular weight is 242 g/mol. The van der Waals surface area contributed by atoms with Gasteiger partial charge in [0.25, 0.3) is 0 Å². The van der Waals surface area contributed by atoms with Crippen molar-refractivity contribution in [2.24, 2.45) is 5.92 Å². The van der Waals surface area contributed by atoms with Crippen LogP contribution in [0.2, 0.25) is 0 Å². The van der Waals surface area contributed by atoms with Crippen molar-refractivity contribution in [3.8, 4) is 0 Å². The Kier molecular flexibility index (Phi) is 4.49. The highest BCUT2D eigenvalue weighted by molar-refractivity contribution is 7.11. The molecule has 1 unspecified atom stereocenters. The zero-order chi connectivity index (χ0) is 12.1. The molecule has 1 N–H and O–H groups in total. The molecule has 0 saturated heterocycles. The van der Waals surface area contributed by atoms with Gasteiger partial charge in [0.2, 0.25) is 0 Å². The van der Waals surface area contributed by atoms with Gasteiger partial charge < -0.3 is 9.84 Å². The third-order valence-electron chi connectivity index (χ3n) is 2.10. The Morgan fingerprint density at radius 1 is 1.50 bits per heavy atom. The predicted molar refractivity (Wildman–Crippen MR) is 60.6 cm³/mol. The first-order valence-corrected chi connectivity index (χ1v) is 5.85. The molecule has 0 radical (unpaired) electrons. The van der Waals surface area contributed by atoms with E-state index in [1.807, 2.05) is 13.8 Å². The van der Waals surface area contributed by atoms with Gasteiger partial charge in [0.05, 0.1) is 6.42 Å². The second-order valence-corrected chi connectivity index (χ2v) is 4.71. The molecule has 4 nitrogen and oxygen atoms in total. The van der Waals surface area contributed by atoms with Gasteiger partial charge in [-0.3, -0.25) is 4.79 Å². The molecular formula is C11H14O4S. The van der Waals surface area contributed by atoms with Crippen molar-refractivity contribution in [2.75, 3.05) is 0 Å². The van der Waals surface area contributed by atoms with Crippen LogP contribution in [0.15, 0.2) is 17.5 Å². The van der Waals surface area contributed by atoms with Crippen molar-refractivity contribution in [1.82, 2.24) is 0 Å². The van der Waals surface area contributed by atoms with Crippen molar-refractivity contribution in [2.45, 2.75) is 26.4 Å². The van der Waals surface area contributed by atoms with Gasteiger partial charge in [-0.2, -0.15) is 0 Å². The van der Waals surface area contributed by atoms with E-state index in [2.05, 4.69) is 0 Å². The third kappa shape index (κ3) is 3.66. The molecule has 16 heavy (non-hydrogen) atoms. The van der Waals surface area contributed by atoms with E-state index in [9.17, 15) is 9.59 Å². The van der Waals surface area contributed by atoms with Gasteiger partial charge in [-0.15, -0.1) is 11.3 Å². The minimum absolute atomic E-state index is 0.0139. The second kappa shape index (κ2) is 5.65. The molecule has 1 aromatic heterocycles. The average Bonchev–Trinajstić information content (AvgIpc) is 2.68. The number of carbonyl (C=O) groups excluding carboxylic acids is 1. The summed E-state index contributed by atoms with van der Waals surface area (Å²) >= 11 is 1.28. The minimum Gasteiger partial charge on any atom is -0.481 e. The number of aliphatic carboxylic acids is 1. The highest BCUT2D eigenvalue weighted by Crippen LogP contribution is 2.16. The van der Waals surface area contributed by atoms with Crippen molar-refractivity contribution >= 4 is 23.3 Å². The summed E-state index contributed by atoms with van der Waals surface area (Å²) in [5.74, 6) is -1.42. The summed E-state index contributed by atoms with van der Waals surface area (Å²) in [5.41, 5.74) is 0. The molecule has 0 saturated carbocycles. The summed E-state index contributed by atoms with van der Waals surface area (Å²) in [5, 5.41) is 10.5. The van der Waals surface area contributed by atoms with E-state index >= 15 is 0 Å². The maximum absolute atomic E-state index is 11.6. The Morgan fingerprint density at radius 2 is 2.19 bits per heavy atom. The highest BCUT2D eigenvalue weighted by atomic mass is 32.1. The topological polar surface area (TPSA) is 63.6 Å². The van der Waals surface area contributed by atoms with E-state index < -0.39 is 18.0 Å². The number of esters is 1. The van der Waals surface area contributed by atoms with Crippen LogP contribution in [0.5, 0.6) is 0 Å². The van der Waals surface area contributed by atoms with Crippen LogP contribution in [0.3, 0.4) is 0 Å². The molecule has 0 aliphatic carbocycles. The second-order valence-electron chi connectivity index (χ2n) is 3.76. The lowest BCUT2D eigenvalue weighted by atomic mass is 10.0. The molecule has 1 aromatic rings. The molecule has 0 spiro atoms. The maximum Gasteiger partial charge on any atom is 0.348 e. The predicted octanol–water partition coefficient (Wildman–Crippen LogP) is 2.40. The van der Waals surface area contributed by atoms with E-state index in [1.165, 1.54) is 11.3 Å². The van der Waals surface area contributed by atoms with Gasteiger partial charge in [-0.25, -0.2) is 4.79 Å². The molecule has 0 bridgehead atoms. The van der Waals surface area contributed by atoms with Crippen LogP contribution < -0.4 is 0 Å². The highest BCUT2D eigenvalue weighted by Gasteiger charge is 2.22. The number of carboxylic acid groups (broad SMARTS) is 1. The summed E-state index contributed by atoms with van der Waals surface area (Å²) in [7, 11) is 0. The molecule has 0 aliphatic heterocycles. The first kappa shape index (κ1) is 12.7. The molecule has 0 aromatic carbocycles. The molecular weight excluding hydrogens is 228 g/mol. The quantitative estimate of drug-likeness (QED) is 0.805. The Morgan fingerprint density at radius 3 is 2.62 bits per heavy atom. The monoisotopic (exact) mass is 242 g/mol. The Hall–Kier alpha value is -1.36. The minimum atomic E-state index is -0.960. The number of hydrogen-bond acceptors (Lipinski definition) is 4. The van der Waals surface area contributed by atoms with E-state index in [1.54, 1.807) is 17.5 Å². The zero-order valence-electron chi connectivity index (χ0n) is 9.17. The van der Waals surface area contributed by atoms with Gasteiger partial charge >= 0.3 is 11.9 Å². The molecule has 1 atom stereocenters. The standard InChI is InChI=1S/C11H14O4S/c1-7(2)8(6-10(12)13)15-11(14)9-4-3-5-16-9/h3-5,7-8H,6H2,1-2H3,(H,12,13). The number of thiophene rings is 1. The summed E-state index contributed by atoms with van der Waals surface area (Å²) in [6, 6.07) is 3.41. The lowest BCUT2D eigenvalue weighted by Crippen LogP contribution is -2.26. The molecule has 0 fully saturated rings. The molecule has 5 heteroatoms. The summed E-state index contributed by atoms with van der Waals surface area (Å²) in [6.45, 7) is 3.66. The van der Waals surface area contributed by atoms with E-state index in [0.717, 1.165) is 0 Å². The first-order valence-electron chi connectivity index (χ1n) is 4.97. The van der Waals surface area contributed by atoms with Crippen molar-refractivity contribution in [3.63, 3.8) is 0 Å². The maximum atomic E-state index is 11.6. The Labute approximate surface area is 97.9 Å². The molecule has 1 rings (SSSR count). The summed E-state index contributed by atoms with van der Waals surface area (Å²) in [4.78, 5) is 22.7. The number of carbonyl (C=O) groups is 2. The van der Waals surface area contributed by atoms with Crippen LogP contribution in [0, 0.1) is 5.92 Å². The number of carboxylic acids is 1. The van der Waals surface area contributed by atoms with E-state index in [0.29, 0.717) is 4.88 Å². The van der Waals surface area contributed by atoms with E-state index in [4.69, 9.17) is 9.84 Å². The molecule has 88 valence electrons. The fourth-order valence-electron chi connectivity index (χ4n) is 1.18. The SMILES string of the molecule is CC(C)C(CC(=O)O)OC(=O)c1cccs1. The molecule has 0 aliphatic rings. The molecule has 0 amide bonds. The van der Waals surface area contributed by atoms with Crippen molar-refractivity contribution in [3.05, 3.63) is 22.4 Å². The normalized spacial score (nSPS) is 12.4. The lowest BCUT2D eigenvalue weighted by molar-refractivity contribution is -0.139. The number of hydrogen-bond donors (Lipinski definition) is 1. The lowest BCUT2D eigenvalue weighted by Gasteiger charge is -2.19. The Balaban J connectivity index is 2.61.